The molecule has 0 bridgehead atoms. The van der Waals surface area contributed by atoms with E-state index in [1.807, 2.05) is 0 Å². The molecule has 104 valence electrons. The molecule has 0 amide bonds. The molecular formula is C14H19FN2O2. The van der Waals surface area contributed by atoms with Crippen LogP contribution in [0.3, 0.4) is 0 Å². The van der Waals surface area contributed by atoms with Crippen molar-refractivity contribution >= 4 is 5.69 Å². The van der Waals surface area contributed by atoms with Gasteiger partial charge in [0.25, 0.3) is 0 Å². The van der Waals surface area contributed by atoms with Gasteiger partial charge < -0.3 is 0 Å². The fourth-order valence-corrected chi connectivity index (χ4v) is 2.86. The molecule has 1 aliphatic heterocycles. The topological polar surface area (TPSA) is 46.4 Å². The van der Waals surface area contributed by atoms with Crippen LogP contribution in [0.2, 0.25) is 0 Å². The second kappa shape index (κ2) is 5.65. The van der Waals surface area contributed by atoms with Gasteiger partial charge in [-0.25, -0.2) is 0 Å². The lowest BCUT2D eigenvalue weighted by Crippen LogP contribution is -2.33. The van der Waals surface area contributed by atoms with Gasteiger partial charge in [-0.15, -0.1) is 0 Å². The molecule has 2 unspecified atom stereocenters. The molecule has 19 heavy (non-hydrogen) atoms. The largest absolute Gasteiger partial charge is 0.304 e. The summed E-state index contributed by atoms with van der Waals surface area (Å²) in [5.41, 5.74) is 0.348. The summed E-state index contributed by atoms with van der Waals surface area (Å²) in [5, 5.41) is 10.6. The van der Waals surface area contributed by atoms with Crippen LogP contribution in [0.4, 0.5) is 10.1 Å². The van der Waals surface area contributed by atoms with Gasteiger partial charge in [0.15, 0.2) is 0 Å². The zero-order chi connectivity index (χ0) is 14.0. The second-order valence-electron chi connectivity index (χ2n) is 5.20. The van der Waals surface area contributed by atoms with Crippen molar-refractivity contribution in [2.24, 2.45) is 0 Å². The maximum absolute atomic E-state index is 13.6. The monoisotopic (exact) mass is 266 g/mol. The van der Waals surface area contributed by atoms with E-state index in [4.69, 9.17) is 0 Å². The van der Waals surface area contributed by atoms with E-state index < -0.39 is 16.4 Å². The van der Waals surface area contributed by atoms with Crippen LogP contribution in [0, 0.1) is 15.9 Å². The number of nitro groups is 1. The van der Waals surface area contributed by atoms with Gasteiger partial charge in [0.2, 0.25) is 5.82 Å². The van der Waals surface area contributed by atoms with Crippen molar-refractivity contribution in [3.63, 3.8) is 0 Å². The highest BCUT2D eigenvalue weighted by Gasteiger charge is 2.29. The standard InChI is InChI=1S/C14H19FN2O2/c1-3-12-6-4-10(2)16(12)9-11-5-7-14(17(18)19)13(15)8-11/h5,7-8,10,12H,3-4,6,9H2,1-2H3. The minimum absolute atomic E-state index is 0.453. The molecule has 0 N–H and O–H groups in total. The lowest BCUT2D eigenvalue weighted by Gasteiger charge is -2.27. The average molecular weight is 266 g/mol. The van der Waals surface area contributed by atoms with E-state index in [1.165, 1.54) is 18.6 Å². The van der Waals surface area contributed by atoms with Gasteiger partial charge in [0, 0.05) is 24.7 Å². The van der Waals surface area contributed by atoms with Crippen molar-refractivity contribution in [2.75, 3.05) is 0 Å². The van der Waals surface area contributed by atoms with E-state index >= 15 is 0 Å². The van der Waals surface area contributed by atoms with Crippen LogP contribution >= 0.6 is 0 Å². The molecule has 1 aromatic carbocycles. The zero-order valence-corrected chi connectivity index (χ0v) is 11.3. The van der Waals surface area contributed by atoms with E-state index in [9.17, 15) is 14.5 Å². The van der Waals surface area contributed by atoms with Gasteiger partial charge in [-0.3, -0.25) is 15.0 Å². The van der Waals surface area contributed by atoms with Crippen molar-refractivity contribution in [3.05, 3.63) is 39.7 Å². The highest BCUT2D eigenvalue weighted by atomic mass is 19.1. The number of benzene rings is 1. The Morgan fingerprint density at radius 1 is 1.47 bits per heavy atom. The summed E-state index contributed by atoms with van der Waals surface area (Å²) in [4.78, 5) is 12.3. The third kappa shape index (κ3) is 2.92. The number of rotatable bonds is 4. The van der Waals surface area contributed by atoms with Crippen molar-refractivity contribution in [1.29, 1.82) is 0 Å². The van der Waals surface area contributed by atoms with Crippen LogP contribution in [-0.2, 0) is 6.54 Å². The number of nitrogens with zero attached hydrogens (tertiary/aromatic N) is 2. The number of likely N-dealkylation sites (tertiary alicyclic amines) is 1. The molecule has 0 saturated carbocycles. The van der Waals surface area contributed by atoms with Crippen molar-refractivity contribution in [2.45, 2.75) is 51.7 Å². The maximum atomic E-state index is 13.6. The molecule has 0 radical (unpaired) electrons. The average Bonchev–Trinajstić information content (AvgIpc) is 2.70. The van der Waals surface area contributed by atoms with E-state index in [1.54, 1.807) is 6.07 Å². The minimum atomic E-state index is -0.748. The minimum Gasteiger partial charge on any atom is -0.293 e. The quantitative estimate of drug-likeness (QED) is 0.619. The molecule has 1 saturated heterocycles. The van der Waals surface area contributed by atoms with E-state index in [-0.39, 0.29) is 0 Å². The summed E-state index contributed by atoms with van der Waals surface area (Å²) in [6.07, 6.45) is 3.42. The molecule has 0 spiro atoms. The third-order valence-electron chi connectivity index (χ3n) is 4.00. The van der Waals surface area contributed by atoms with Crippen molar-refractivity contribution in [3.8, 4) is 0 Å². The first-order chi connectivity index (χ1) is 9.02. The van der Waals surface area contributed by atoms with Gasteiger partial charge in [-0.05, 0) is 37.8 Å². The molecule has 4 nitrogen and oxygen atoms in total. The van der Waals surface area contributed by atoms with Crippen LogP contribution in [0.15, 0.2) is 18.2 Å². The van der Waals surface area contributed by atoms with E-state index in [2.05, 4.69) is 18.7 Å². The Morgan fingerprint density at radius 2 is 2.21 bits per heavy atom. The van der Waals surface area contributed by atoms with Gasteiger partial charge in [0.1, 0.15) is 0 Å². The summed E-state index contributed by atoms with van der Waals surface area (Å²) in [7, 11) is 0. The number of halogens is 1. The summed E-state index contributed by atoms with van der Waals surface area (Å²) < 4.78 is 13.6. The molecule has 1 fully saturated rings. The molecule has 1 aliphatic rings. The predicted octanol–water partition coefficient (Wildman–Crippen LogP) is 3.50. The lowest BCUT2D eigenvalue weighted by atomic mass is 10.1. The number of hydrogen-bond donors (Lipinski definition) is 0. The highest BCUT2D eigenvalue weighted by Crippen LogP contribution is 2.28. The molecule has 2 atom stereocenters. The molecule has 0 aromatic heterocycles. The van der Waals surface area contributed by atoms with E-state index in [0.29, 0.717) is 18.6 Å². The highest BCUT2D eigenvalue weighted by molar-refractivity contribution is 5.35. The smallest absolute Gasteiger partial charge is 0.293 e. The molecule has 1 heterocycles. The van der Waals surface area contributed by atoms with Crippen molar-refractivity contribution < 1.29 is 9.31 Å². The van der Waals surface area contributed by atoms with Crippen LogP contribution < -0.4 is 0 Å². The second-order valence-corrected chi connectivity index (χ2v) is 5.20. The van der Waals surface area contributed by atoms with Gasteiger partial charge >= 0.3 is 5.69 Å². The lowest BCUT2D eigenvalue weighted by molar-refractivity contribution is -0.387. The first-order valence-corrected chi connectivity index (χ1v) is 6.71. The number of nitro benzene ring substituents is 1. The maximum Gasteiger partial charge on any atom is 0.304 e. The van der Waals surface area contributed by atoms with Crippen LogP contribution in [0.25, 0.3) is 0 Å². The SMILES string of the molecule is CCC1CCC(C)N1Cc1ccc([N+](=O)[O-])c(F)c1. The van der Waals surface area contributed by atoms with Crippen LogP contribution in [0.1, 0.15) is 38.7 Å². The molecule has 0 aliphatic carbocycles. The fraction of sp³-hybridized carbons (Fsp3) is 0.571. The predicted molar refractivity (Wildman–Crippen MR) is 71.4 cm³/mol. The summed E-state index contributed by atoms with van der Waals surface area (Å²) >= 11 is 0. The Labute approximate surface area is 112 Å². The van der Waals surface area contributed by atoms with Crippen LogP contribution in [-0.4, -0.2) is 21.9 Å². The van der Waals surface area contributed by atoms with Gasteiger partial charge in [-0.1, -0.05) is 13.0 Å². The summed E-state index contributed by atoms with van der Waals surface area (Å²) in [5.74, 6) is -0.748. The van der Waals surface area contributed by atoms with Crippen LogP contribution in [0.5, 0.6) is 0 Å². The Balaban J connectivity index is 2.15. The fourth-order valence-electron chi connectivity index (χ4n) is 2.86. The zero-order valence-electron chi connectivity index (χ0n) is 11.3. The van der Waals surface area contributed by atoms with Gasteiger partial charge in [0.05, 0.1) is 4.92 Å². The Bertz CT molecular complexity index is 479. The number of hydrogen-bond acceptors (Lipinski definition) is 3. The molecule has 5 heteroatoms. The summed E-state index contributed by atoms with van der Waals surface area (Å²) in [6.45, 7) is 5.00. The molecule has 1 aromatic rings. The first kappa shape index (κ1) is 13.9. The first-order valence-electron chi connectivity index (χ1n) is 6.71. The van der Waals surface area contributed by atoms with E-state index in [0.717, 1.165) is 18.4 Å². The summed E-state index contributed by atoms with van der Waals surface area (Å²) in [6, 6.07) is 5.22. The molecular weight excluding hydrogens is 247 g/mol. The normalized spacial score (nSPS) is 23.7. The van der Waals surface area contributed by atoms with Crippen molar-refractivity contribution in [1.82, 2.24) is 4.90 Å². The molecule has 2 rings (SSSR count). The van der Waals surface area contributed by atoms with Gasteiger partial charge in [-0.2, -0.15) is 4.39 Å². The Kier molecular flexibility index (Phi) is 4.14. The Morgan fingerprint density at radius 3 is 2.79 bits per heavy atom. The Hall–Kier alpha value is -1.49. The third-order valence-corrected chi connectivity index (χ3v) is 4.00.